The minimum Gasteiger partial charge on any atom is -0.349 e. The molecule has 144 valence electrons. The van der Waals surface area contributed by atoms with Crippen LogP contribution in [0.4, 0.5) is 0 Å². The molecule has 27 heavy (non-hydrogen) atoms. The quantitative estimate of drug-likeness (QED) is 0.869. The zero-order valence-electron chi connectivity index (χ0n) is 15.9. The van der Waals surface area contributed by atoms with Crippen LogP contribution in [0.25, 0.3) is 0 Å². The number of carbonyl (C=O) groups excluding carboxylic acids is 3. The Kier molecular flexibility index (Phi) is 5.02. The molecule has 3 aliphatic rings. The highest BCUT2D eigenvalue weighted by Gasteiger charge is 2.41. The number of ketones is 1. The van der Waals surface area contributed by atoms with Crippen molar-refractivity contribution in [2.75, 3.05) is 7.05 Å². The van der Waals surface area contributed by atoms with Crippen LogP contribution in [0.1, 0.15) is 60.9 Å². The highest BCUT2D eigenvalue weighted by Crippen LogP contribution is 2.40. The molecule has 2 bridgehead atoms. The average Bonchev–Trinajstić information content (AvgIpc) is 3.45. The molecule has 3 saturated carbocycles. The van der Waals surface area contributed by atoms with Crippen LogP contribution < -0.4 is 5.32 Å². The monoisotopic (exact) mass is 368 g/mol. The number of hydrogen-bond acceptors (Lipinski definition) is 3. The van der Waals surface area contributed by atoms with Crippen molar-refractivity contribution in [3.05, 3.63) is 35.4 Å². The van der Waals surface area contributed by atoms with E-state index < -0.39 is 0 Å². The van der Waals surface area contributed by atoms with E-state index in [1.165, 1.54) is 0 Å². The minimum atomic E-state index is -0.0217. The van der Waals surface area contributed by atoms with Gasteiger partial charge >= 0.3 is 0 Å². The van der Waals surface area contributed by atoms with Gasteiger partial charge in [-0.2, -0.15) is 0 Å². The van der Waals surface area contributed by atoms with Gasteiger partial charge in [0.1, 0.15) is 5.78 Å². The maximum Gasteiger partial charge on any atom is 0.251 e. The number of benzene rings is 1. The van der Waals surface area contributed by atoms with Crippen LogP contribution >= 0.6 is 0 Å². The van der Waals surface area contributed by atoms with Crippen LogP contribution in [0.3, 0.4) is 0 Å². The molecule has 1 aromatic carbocycles. The van der Waals surface area contributed by atoms with Gasteiger partial charge in [-0.15, -0.1) is 0 Å². The predicted molar refractivity (Wildman–Crippen MR) is 102 cm³/mol. The molecule has 0 heterocycles. The van der Waals surface area contributed by atoms with Crippen LogP contribution in [-0.4, -0.2) is 35.6 Å². The van der Waals surface area contributed by atoms with Gasteiger partial charge in [-0.3, -0.25) is 14.4 Å². The molecule has 1 aromatic rings. The van der Waals surface area contributed by atoms with Crippen molar-refractivity contribution in [2.24, 2.45) is 17.8 Å². The van der Waals surface area contributed by atoms with E-state index >= 15 is 0 Å². The van der Waals surface area contributed by atoms with Crippen molar-refractivity contribution in [1.29, 1.82) is 0 Å². The Balaban J connectivity index is 1.34. The van der Waals surface area contributed by atoms with Gasteiger partial charge < -0.3 is 10.2 Å². The van der Waals surface area contributed by atoms with E-state index in [0.717, 1.165) is 50.5 Å². The molecule has 5 nitrogen and oxygen atoms in total. The van der Waals surface area contributed by atoms with Crippen molar-refractivity contribution in [3.8, 4) is 0 Å². The summed E-state index contributed by atoms with van der Waals surface area (Å²) in [5, 5.41) is 2.98. The second-order valence-electron chi connectivity index (χ2n) is 8.53. The van der Waals surface area contributed by atoms with Gasteiger partial charge in [0.05, 0.1) is 0 Å². The number of fused-ring (bicyclic) bond motifs is 2. The molecule has 0 aromatic heterocycles. The van der Waals surface area contributed by atoms with Gasteiger partial charge in [0.15, 0.2) is 0 Å². The Morgan fingerprint density at radius 1 is 1.04 bits per heavy atom. The summed E-state index contributed by atoms with van der Waals surface area (Å²) in [5.74, 6) is 0.703. The molecule has 0 spiro atoms. The van der Waals surface area contributed by atoms with Gasteiger partial charge in [-0.25, -0.2) is 0 Å². The maximum absolute atomic E-state index is 12.9. The van der Waals surface area contributed by atoms with Crippen LogP contribution in [0, 0.1) is 17.8 Å². The van der Waals surface area contributed by atoms with Gasteiger partial charge in [-0.1, -0.05) is 18.6 Å². The molecule has 2 amide bonds. The first-order valence-corrected chi connectivity index (χ1v) is 10.2. The first-order chi connectivity index (χ1) is 13.0. The van der Waals surface area contributed by atoms with E-state index in [2.05, 4.69) is 5.32 Å². The number of nitrogens with one attached hydrogen (secondary N) is 1. The summed E-state index contributed by atoms with van der Waals surface area (Å²) in [7, 11) is 1.84. The molecule has 3 atom stereocenters. The third-order valence-electron chi connectivity index (χ3n) is 6.32. The van der Waals surface area contributed by atoms with E-state index in [-0.39, 0.29) is 29.6 Å². The van der Waals surface area contributed by atoms with Crippen molar-refractivity contribution in [3.63, 3.8) is 0 Å². The Bertz CT molecular complexity index is 722. The molecular formula is C22H28N2O3. The summed E-state index contributed by atoms with van der Waals surface area (Å²) < 4.78 is 0. The lowest BCUT2D eigenvalue weighted by molar-refractivity contribution is -0.142. The molecule has 0 aliphatic heterocycles. The highest BCUT2D eigenvalue weighted by molar-refractivity contribution is 5.94. The molecule has 5 heteroatoms. The van der Waals surface area contributed by atoms with Crippen LogP contribution in [-0.2, 0) is 16.1 Å². The maximum atomic E-state index is 12.9. The van der Waals surface area contributed by atoms with Crippen LogP contribution in [0.5, 0.6) is 0 Å². The number of carbonyl (C=O) groups is 3. The van der Waals surface area contributed by atoms with Crippen molar-refractivity contribution in [2.45, 2.75) is 57.5 Å². The number of nitrogens with zero attached hydrogens (tertiary/aromatic N) is 1. The Labute approximate surface area is 160 Å². The molecule has 1 N–H and O–H groups in total. The van der Waals surface area contributed by atoms with Gasteiger partial charge in [0.2, 0.25) is 5.91 Å². The summed E-state index contributed by atoms with van der Waals surface area (Å²) in [6.07, 6.45) is 6.62. The third kappa shape index (κ3) is 4.07. The smallest absolute Gasteiger partial charge is 0.251 e. The number of hydrogen-bond donors (Lipinski definition) is 1. The fourth-order valence-electron chi connectivity index (χ4n) is 4.60. The second-order valence-corrected chi connectivity index (χ2v) is 8.53. The first-order valence-electron chi connectivity index (χ1n) is 10.2. The van der Waals surface area contributed by atoms with Crippen molar-refractivity contribution >= 4 is 17.6 Å². The number of Topliss-reactive ketones (excluding diaryl/α,β-unsaturated/α-hetero) is 1. The molecule has 4 rings (SSSR count). The lowest BCUT2D eigenvalue weighted by Crippen LogP contribution is -2.43. The molecule has 0 saturated heterocycles. The molecule has 3 aliphatic carbocycles. The SMILES string of the molecule is CN(Cc1ccc(C(=O)NC2CC2)cc1)C(=O)C1C[C@H]2CCC[C@@H](C1)C2=O. The zero-order chi connectivity index (χ0) is 19.0. The topological polar surface area (TPSA) is 66.5 Å². The standard InChI is InChI=1S/C22H28N2O3/c1-24(22(27)18-11-16-3-2-4-17(12-18)20(16)25)13-14-5-7-15(8-6-14)21(26)23-19-9-10-19/h5-8,16-19H,2-4,9-13H2,1H3,(H,23,26)/t16-,17+,18?. The highest BCUT2D eigenvalue weighted by atomic mass is 16.2. The molecular weight excluding hydrogens is 340 g/mol. The largest absolute Gasteiger partial charge is 0.349 e. The van der Waals surface area contributed by atoms with Gasteiger partial charge in [-0.05, 0) is 56.2 Å². The minimum absolute atomic E-state index is 0.0214. The molecule has 1 unspecified atom stereocenters. The van der Waals surface area contributed by atoms with E-state index in [1.807, 2.05) is 31.3 Å². The fraction of sp³-hybridized carbons (Fsp3) is 0.591. The first kappa shape index (κ1) is 18.2. The summed E-state index contributed by atoms with van der Waals surface area (Å²) in [4.78, 5) is 39.0. The summed E-state index contributed by atoms with van der Waals surface area (Å²) in [6, 6.07) is 7.85. The Morgan fingerprint density at radius 2 is 1.67 bits per heavy atom. The van der Waals surface area contributed by atoms with Crippen molar-refractivity contribution < 1.29 is 14.4 Å². The normalized spacial score (nSPS) is 27.1. The number of rotatable bonds is 5. The lowest BCUT2D eigenvalue weighted by atomic mass is 9.67. The van der Waals surface area contributed by atoms with Gasteiger partial charge in [0.25, 0.3) is 5.91 Å². The van der Waals surface area contributed by atoms with Gasteiger partial charge in [0, 0.05) is 43.0 Å². The van der Waals surface area contributed by atoms with Crippen molar-refractivity contribution in [1.82, 2.24) is 10.2 Å². The van der Waals surface area contributed by atoms with E-state index in [0.29, 0.717) is 23.9 Å². The second kappa shape index (κ2) is 7.45. The van der Waals surface area contributed by atoms with Crippen LogP contribution in [0.2, 0.25) is 0 Å². The summed E-state index contributed by atoms with van der Waals surface area (Å²) in [6.45, 7) is 0.531. The van der Waals surface area contributed by atoms with E-state index in [4.69, 9.17) is 0 Å². The fourth-order valence-corrected chi connectivity index (χ4v) is 4.60. The Hall–Kier alpha value is -2.17. The third-order valence-corrected chi connectivity index (χ3v) is 6.32. The molecule has 0 radical (unpaired) electrons. The lowest BCUT2D eigenvalue weighted by Gasteiger charge is -2.38. The summed E-state index contributed by atoms with van der Waals surface area (Å²) >= 11 is 0. The predicted octanol–water partition coefficient (Wildman–Crippen LogP) is 2.93. The van der Waals surface area contributed by atoms with Crippen LogP contribution in [0.15, 0.2) is 24.3 Å². The van der Waals surface area contributed by atoms with E-state index in [9.17, 15) is 14.4 Å². The Morgan fingerprint density at radius 3 is 2.26 bits per heavy atom. The number of amides is 2. The zero-order valence-corrected chi connectivity index (χ0v) is 15.9. The van der Waals surface area contributed by atoms with E-state index in [1.54, 1.807) is 4.90 Å². The summed E-state index contributed by atoms with van der Waals surface area (Å²) in [5.41, 5.74) is 1.68. The molecule has 3 fully saturated rings. The average molecular weight is 368 g/mol.